The quantitative estimate of drug-likeness (QED) is 0.712. The van der Waals surface area contributed by atoms with Gasteiger partial charge in [0.15, 0.2) is 0 Å². The predicted molar refractivity (Wildman–Crippen MR) is 43.3 cm³/mol. The van der Waals surface area contributed by atoms with Crippen LogP contribution < -0.4 is 5.73 Å². The highest BCUT2D eigenvalue weighted by Gasteiger charge is 2.15. The lowest BCUT2D eigenvalue weighted by Gasteiger charge is -2.09. The fraction of sp³-hybridized carbons (Fsp3) is 0.250. The number of hydrogen-bond acceptors (Lipinski definition) is 3. The van der Waals surface area contributed by atoms with Crippen LogP contribution in [0.5, 0.6) is 0 Å². The van der Waals surface area contributed by atoms with Crippen LogP contribution >= 0.6 is 0 Å². The number of hydrogen-bond donors (Lipinski definition) is 2. The maximum absolute atomic E-state index is 13.0. The van der Waals surface area contributed by atoms with Crippen LogP contribution in [-0.4, -0.2) is 16.1 Å². The number of nitrogens with two attached hydrogens (primary N) is 1. The summed E-state index contributed by atoms with van der Waals surface area (Å²) in [6.07, 6.45) is 0.215. The number of pyridine rings is 1. The zero-order chi connectivity index (χ0) is 10.7. The first-order valence-corrected chi connectivity index (χ1v) is 3.79. The number of carboxylic acids is 1. The highest BCUT2D eigenvalue weighted by atomic mass is 19.1. The lowest BCUT2D eigenvalue weighted by Crippen LogP contribution is -2.17. The molecule has 0 unspecified atom stereocenters. The van der Waals surface area contributed by atoms with Gasteiger partial charge in [0.2, 0.25) is 5.95 Å². The van der Waals surface area contributed by atoms with E-state index in [1.54, 1.807) is 0 Å². The summed E-state index contributed by atoms with van der Waals surface area (Å²) < 4.78 is 25.5. The third kappa shape index (κ3) is 2.46. The van der Waals surface area contributed by atoms with E-state index in [1.165, 1.54) is 0 Å². The Balaban J connectivity index is 2.93. The minimum absolute atomic E-state index is 0.181. The molecule has 0 saturated carbocycles. The van der Waals surface area contributed by atoms with Crippen molar-refractivity contribution in [2.24, 2.45) is 5.73 Å². The van der Waals surface area contributed by atoms with Crippen LogP contribution in [0.15, 0.2) is 12.3 Å². The number of nitrogens with zero attached hydrogens (tertiary/aromatic N) is 1. The van der Waals surface area contributed by atoms with Gasteiger partial charge in [-0.2, -0.15) is 4.39 Å². The molecule has 0 bridgehead atoms. The second-order valence-corrected chi connectivity index (χ2v) is 2.73. The first kappa shape index (κ1) is 10.5. The molecular weight excluding hydrogens is 194 g/mol. The second kappa shape index (κ2) is 4.10. The first-order chi connectivity index (χ1) is 6.50. The lowest BCUT2D eigenvalue weighted by molar-refractivity contribution is -0.137. The van der Waals surface area contributed by atoms with Crippen molar-refractivity contribution in [3.8, 4) is 0 Å². The highest BCUT2D eigenvalue weighted by Crippen LogP contribution is 2.17. The molecule has 1 aromatic heterocycles. The Morgan fingerprint density at radius 1 is 1.64 bits per heavy atom. The molecular formula is C8H8F2N2O2. The molecule has 1 heterocycles. The monoisotopic (exact) mass is 202 g/mol. The Bertz CT molecular complexity index is 357. The number of carboxylic acid groups (broad SMARTS) is 1. The second-order valence-electron chi connectivity index (χ2n) is 2.73. The molecule has 0 amide bonds. The highest BCUT2D eigenvalue weighted by molar-refractivity contribution is 5.67. The first-order valence-electron chi connectivity index (χ1n) is 3.79. The van der Waals surface area contributed by atoms with Gasteiger partial charge in [0.1, 0.15) is 5.82 Å². The van der Waals surface area contributed by atoms with Crippen molar-refractivity contribution in [2.45, 2.75) is 12.5 Å². The lowest BCUT2D eigenvalue weighted by atomic mass is 10.1. The van der Waals surface area contributed by atoms with Crippen molar-refractivity contribution in [3.05, 3.63) is 29.6 Å². The number of rotatable bonds is 3. The van der Waals surface area contributed by atoms with E-state index in [9.17, 15) is 13.6 Å². The smallest absolute Gasteiger partial charge is 0.305 e. The van der Waals surface area contributed by atoms with Crippen LogP contribution in [-0.2, 0) is 4.79 Å². The molecule has 3 N–H and O–H groups in total. The average Bonchev–Trinajstić information content (AvgIpc) is 2.08. The van der Waals surface area contributed by atoms with Crippen LogP contribution in [0.3, 0.4) is 0 Å². The topological polar surface area (TPSA) is 76.2 Å². The van der Waals surface area contributed by atoms with Gasteiger partial charge < -0.3 is 10.8 Å². The molecule has 1 aromatic rings. The maximum atomic E-state index is 13.0. The van der Waals surface area contributed by atoms with Crippen molar-refractivity contribution in [2.75, 3.05) is 0 Å². The molecule has 0 spiro atoms. The predicted octanol–water partition coefficient (Wildman–Crippen LogP) is 0.834. The molecule has 0 aliphatic rings. The summed E-state index contributed by atoms with van der Waals surface area (Å²) in [7, 11) is 0. The molecule has 1 rings (SSSR count). The van der Waals surface area contributed by atoms with E-state index in [-0.39, 0.29) is 5.56 Å². The zero-order valence-corrected chi connectivity index (χ0v) is 7.08. The Labute approximate surface area is 78.4 Å². The summed E-state index contributed by atoms with van der Waals surface area (Å²) in [6.45, 7) is 0. The molecule has 0 aliphatic carbocycles. The summed E-state index contributed by atoms with van der Waals surface area (Å²) in [5.74, 6) is -2.86. The molecule has 4 nitrogen and oxygen atoms in total. The Kier molecular flexibility index (Phi) is 3.08. The SMILES string of the molecule is N[C@@H](CC(=O)O)c1cc(F)ncc1F. The number of carbonyl (C=O) groups is 1. The fourth-order valence-electron chi connectivity index (χ4n) is 1.01. The van der Waals surface area contributed by atoms with Crippen molar-refractivity contribution >= 4 is 5.97 Å². The Morgan fingerprint density at radius 2 is 2.29 bits per heavy atom. The van der Waals surface area contributed by atoms with Crippen LogP contribution in [0, 0.1) is 11.8 Å². The van der Waals surface area contributed by atoms with E-state index in [4.69, 9.17) is 10.8 Å². The Morgan fingerprint density at radius 3 is 2.86 bits per heavy atom. The molecule has 0 saturated heterocycles. The number of aliphatic carboxylic acids is 1. The van der Waals surface area contributed by atoms with Crippen molar-refractivity contribution in [3.63, 3.8) is 0 Å². The van der Waals surface area contributed by atoms with Gasteiger partial charge >= 0.3 is 5.97 Å². The van der Waals surface area contributed by atoms with Crippen LogP contribution in [0.2, 0.25) is 0 Å². The minimum atomic E-state index is -1.17. The zero-order valence-electron chi connectivity index (χ0n) is 7.08. The van der Waals surface area contributed by atoms with Gasteiger partial charge in [-0.15, -0.1) is 0 Å². The minimum Gasteiger partial charge on any atom is -0.481 e. The molecule has 14 heavy (non-hydrogen) atoms. The van der Waals surface area contributed by atoms with Crippen LogP contribution in [0.25, 0.3) is 0 Å². The van der Waals surface area contributed by atoms with E-state index >= 15 is 0 Å². The summed E-state index contributed by atoms with van der Waals surface area (Å²) in [6, 6.07) is -0.270. The summed E-state index contributed by atoms with van der Waals surface area (Å²) in [4.78, 5) is 13.3. The van der Waals surface area contributed by atoms with E-state index in [2.05, 4.69) is 4.98 Å². The summed E-state index contributed by atoms with van der Waals surface area (Å²) >= 11 is 0. The standard InChI is InChI=1S/C8H8F2N2O2/c9-5-3-12-7(10)1-4(5)6(11)2-8(13)14/h1,3,6H,2,11H2,(H,13,14)/t6-/m0/s1. The largest absolute Gasteiger partial charge is 0.481 e. The molecule has 76 valence electrons. The van der Waals surface area contributed by atoms with Crippen LogP contribution in [0.1, 0.15) is 18.0 Å². The van der Waals surface area contributed by atoms with E-state index in [1.807, 2.05) is 0 Å². The summed E-state index contributed by atoms with van der Waals surface area (Å²) in [5, 5.41) is 8.39. The summed E-state index contributed by atoms with van der Waals surface area (Å²) in [5.41, 5.74) is 5.17. The van der Waals surface area contributed by atoms with E-state index in [0.29, 0.717) is 6.20 Å². The van der Waals surface area contributed by atoms with Gasteiger partial charge in [0.25, 0.3) is 0 Å². The molecule has 6 heteroatoms. The van der Waals surface area contributed by atoms with Crippen molar-refractivity contribution < 1.29 is 18.7 Å². The molecule has 0 radical (unpaired) electrons. The normalized spacial score (nSPS) is 12.5. The third-order valence-electron chi connectivity index (χ3n) is 1.65. The molecule has 0 aromatic carbocycles. The average molecular weight is 202 g/mol. The number of aromatic nitrogens is 1. The van der Waals surface area contributed by atoms with Gasteiger partial charge in [0, 0.05) is 17.7 Å². The van der Waals surface area contributed by atoms with E-state index in [0.717, 1.165) is 6.07 Å². The van der Waals surface area contributed by atoms with E-state index < -0.39 is 30.2 Å². The van der Waals surface area contributed by atoms with Gasteiger partial charge in [-0.3, -0.25) is 4.79 Å². The van der Waals surface area contributed by atoms with Gasteiger partial charge in [-0.05, 0) is 0 Å². The fourth-order valence-corrected chi connectivity index (χ4v) is 1.01. The van der Waals surface area contributed by atoms with Crippen LogP contribution in [0.4, 0.5) is 8.78 Å². The number of halogens is 2. The van der Waals surface area contributed by atoms with Gasteiger partial charge in [0.05, 0.1) is 12.6 Å². The van der Waals surface area contributed by atoms with Gasteiger partial charge in [-0.25, -0.2) is 9.37 Å². The van der Waals surface area contributed by atoms with Gasteiger partial charge in [-0.1, -0.05) is 0 Å². The third-order valence-corrected chi connectivity index (χ3v) is 1.65. The molecule has 1 atom stereocenters. The molecule has 0 aliphatic heterocycles. The Hall–Kier alpha value is -1.56. The maximum Gasteiger partial charge on any atom is 0.305 e. The van der Waals surface area contributed by atoms with Crippen molar-refractivity contribution in [1.29, 1.82) is 0 Å². The van der Waals surface area contributed by atoms with Crippen molar-refractivity contribution in [1.82, 2.24) is 4.98 Å². The molecule has 0 fully saturated rings.